The Morgan fingerprint density at radius 3 is 2.59 bits per heavy atom. The molecule has 4 rings (SSSR count). The predicted octanol–water partition coefficient (Wildman–Crippen LogP) is 5.40. The maximum Gasteiger partial charge on any atom is 0.138 e. The summed E-state index contributed by atoms with van der Waals surface area (Å²) in [6.45, 7) is 6.70. The summed E-state index contributed by atoms with van der Waals surface area (Å²) in [7, 11) is 1.96. The monoisotopic (exact) mass is 437 g/mol. The molecule has 0 bridgehead atoms. The molecule has 3 heterocycles. The van der Waals surface area contributed by atoms with E-state index in [9.17, 15) is 8.78 Å². The van der Waals surface area contributed by atoms with Gasteiger partial charge in [-0.05, 0) is 56.9 Å². The van der Waals surface area contributed by atoms with Crippen LogP contribution in [0.25, 0.3) is 5.57 Å². The van der Waals surface area contributed by atoms with Crippen LogP contribution in [0.4, 0.5) is 8.78 Å². The molecular formula is C25H29F2N5. The summed E-state index contributed by atoms with van der Waals surface area (Å²) in [5, 5.41) is 0. The van der Waals surface area contributed by atoms with Crippen molar-refractivity contribution >= 4 is 11.4 Å². The Hall–Kier alpha value is -3.09. The van der Waals surface area contributed by atoms with Gasteiger partial charge >= 0.3 is 0 Å². The standard InChI is InChI=1S/C25H29F2N5/c1-5-20(18-15-28-17(3)29-16-18)24-30-23(10-13-31(24)4)32-12-7-11-25(32,6-2)21-14-19(26)8-9-22(21)27/h8-10,13-16H,5-7,11-12H2,1-4H3/b24-20+/t25-/m1/s1. The zero-order chi connectivity index (χ0) is 22.9. The van der Waals surface area contributed by atoms with Crippen LogP contribution in [0.2, 0.25) is 0 Å². The van der Waals surface area contributed by atoms with E-state index < -0.39 is 11.4 Å². The first-order valence-corrected chi connectivity index (χ1v) is 11.1. The van der Waals surface area contributed by atoms with E-state index in [1.54, 1.807) is 0 Å². The molecule has 1 atom stereocenters. The molecular weight excluding hydrogens is 408 g/mol. The molecule has 0 aliphatic carbocycles. The van der Waals surface area contributed by atoms with Crippen LogP contribution in [-0.2, 0) is 5.54 Å². The minimum Gasteiger partial charge on any atom is -0.347 e. The zero-order valence-electron chi connectivity index (χ0n) is 19.1. The second kappa shape index (κ2) is 8.81. The molecule has 5 nitrogen and oxygen atoms in total. The van der Waals surface area contributed by atoms with Gasteiger partial charge in [0.15, 0.2) is 0 Å². The van der Waals surface area contributed by atoms with Gasteiger partial charge in [-0.1, -0.05) is 13.8 Å². The van der Waals surface area contributed by atoms with E-state index in [2.05, 4.69) is 21.8 Å². The normalized spacial score (nSPS) is 22.4. The van der Waals surface area contributed by atoms with E-state index in [1.807, 2.05) is 50.5 Å². The van der Waals surface area contributed by atoms with Crippen molar-refractivity contribution in [2.75, 3.05) is 13.6 Å². The minimum atomic E-state index is -0.629. The number of amidine groups is 1. The number of hydrogen-bond acceptors (Lipinski definition) is 5. The molecule has 7 heteroatoms. The predicted molar refractivity (Wildman–Crippen MR) is 123 cm³/mol. The van der Waals surface area contributed by atoms with Gasteiger partial charge in [-0.25, -0.2) is 23.7 Å². The average molecular weight is 438 g/mol. The number of aliphatic imine (C=N–C) groups is 1. The third-order valence-electron chi connectivity index (χ3n) is 6.53. The first-order chi connectivity index (χ1) is 15.4. The maximum atomic E-state index is 14.9. The van der Waals surface area contributed by atoms with Crippen LogP contribution in [0.15, 0.2) is 53.7 Å². The molecule has 2 aliphatic rings. The SMILES string of the molecule is CC/C(=C1/N=C(N2CCC[C@]2(CC)c2cc(F)ccc2F)C=CN1C)c1cnc(C)nc1. The topological polar surface area (TPSA) is 44.6 Å². The molecule has 32 heavy (non-hydrogen) atoms. The van der Waals surface area contributed by atoms with Crippen molar-refractivity contribution in [3.05, 3.63) is 77.3 Å². The van der Waals surface area contributed by atoms with E-state index in [1.165, 1.54) is 18.2 Å². The largest absolute Gasteiger partial charge is 0.347 e. The van der Waals surface area contributed by atoms with E-state index in [0.717, 1.165) is 54.4 Å². The Balaban J connectivity index is 1.82. The van der Waals surface area contributed by atoms with Gasteiger partial charge in [0.05, 0.1) is 5.54 Å². The van der Waals surface area contributed by atoms with Gasteiger partial charge in [0.2, 0.25) is 0 Å². The first kappa shape index (κ1) is 22.1. The van der Waals surface area contributed by atoms with Crippen molar-refractivity contribution in [2.45, 2.75) is 52.0 Å². The summed E-state index contributed by atoms with van der Waals surface area (Å²) in [6.07, 6.45) is 10.6. The zero-order valence-corrected chi connectivity index (χ0v) is 19.1. The highest BCUT2D eigenvalue weighted by atomic mass is 19.1. The quantitative estimate of drug-likeness (QED) is 0.642. The number of aromatic nitrogens is 2. The molecule has 0 amide bonds. The van der Waals surface area contributed by atoms with Crippen LogP contribution in [-0.4, -0.2) is 39.2 Å². The first-order valence-electron chi connectivity index (χ1n) is 11.1. The fourth-order valence-electron chi connectivity index (χ4n) is 4.85. The Morgan fingerprint density at radius 2 is 1.91 bits per heavy atom. The third kappa shape index (κ3) is 3.80. The number of aryl methyl sites for hydroxylation is 1. The Kier molecular flexibility index (Phi) is 6.09. The molecule has 1 saturated heterocycles. The Morgan fingerprint density at radius 1 is 1.16 bits per heavy atom. The highest BCUT2D eigenvalue weighted by Crippen LogP contribution is 2.44. The molecule has 2 aromatic rings. The molecule has 0 radical (unpaired) electrons. The van der Waals surface area contributed by atoms with Crippen molar-refractivity contribution in [2.24, 2.45) is 4.99 Å². The lowest BCUT2D eigenvalue weighted by atomic mass is 9.84. The maximum absolute atomic E-state index is 14.9. The molecule has 0 unspecified atom stereocenters. The lowest BCUT2D eigenvalue weighted by Crippen LogP contribution is -2.45. The van der Waals surface area contributed by atoms with Gasteiger partial charge in [-0.15, -0.1) is 0 Å². The molecule has 1 fully saturated rings. The van der Waals surface area contributed by atoms with Crippen molar-refractivity contribution < 1.29 is 8.78 Å². The number of benzene rings is 1. The van der Waals surface area contributed by atoms with Crippen molar-refractivity contribution in [1.82, 2.24) is 19.8 Å². The summed E-state index contributed by atoms with van der Waals surface area (Å²) >= 11 is 0. The number of likely N-dealkylation sites (tertiary alicyclic amines) is 1. The van der Waals surface area contributed by atoms with Gasteiger partial charge in [0.1, 0.15) is 29.1 Å². The van der Waals surface area contributed by atoms with E-state index in [-0.39, 0.29) is 5.82 Å². The number of allylic oxidation sites excluding steroid dienone is 1. The number of rotatable bonds is 4. The summed E-state index contributed by atoms with van der Waals surface area (Å²) in [6, 6.07) is 3.74. The van der Waals surface area contributed by atoms with Crippen molar-refractivity contribution in [3.63, 3.8) is 0 Å². The van der Waals surface area contributed by atoms with Gasteiger partial charge in [0.25, 0.3) is 0 Å². The fraction of sp³-hybridized carbons (Fsp3) is 0.400. The summed E-state index contributed by atoms with van der Waals surface area (Å²) in [5.74, 6) is 1.50. The molecule has 0 saturated carbocycles. The average Bonchev–Trinajstić information content (AvgIpc) is 3.23. The molecule has 1 aromatic heterocycles. The van der Waals surface area contributed by atoms with Crippen LogP contribution in [0, 0.1) is 18.6 Å². The molecule has 0 spiro atoms. The number of halogens is 2. The highest BCUT2D eigenvalue weighted by Gasteiger charge is 2.44. The van der Waals surface area contributed by atoms with Crippen molar-refractivity contribution in [1.29, 1.82) is 0 Å². The summed E-state index contributed by atoms with van der Waals surface area (Å²) in [4.78, 5) is 17.8. The van der Waals surface area contributed by atoms with Gasteiger partial charge in [-0.3, -0.25) is 0 Å². The van der Waals surface area contributed by atoms with Gasteiger partial charge in [-0.2, -0.15) is 0 Å². The van der Waals surface area contributed by atoms with Crippen molar-refractivity contribution in [3.8, 4) is 0 Å². The Labute approximate surface area is 188 Å². The van der Waals surface area contributed by atoms with Gasteiger partial charge < -0.3 is 9.80 Å². The number of nitrogens with zero attached hydrogens (tertiary/aromatic N) is 5. The summed E-state index contributed by atoms with van der Waals surface area (Å²) < 4.78 is 29.0. The minimum absolute atomic E-state index is 0.375. The molecule has 168 valence electrons. The Bertz CT molecular complexity index is 1090. The van der Waals surface area contributed by atoms with Crippen LogP contribution in [0.5, 0.6) is 0 Å². The smallest absolute Gasteiger partial charge is 0.138 e. The van der Waals surface area contributed by atoms with Crippen LogP contribution in [0.1, 0.15) is 56.5 Å². The highest BCUT2D eigenvalue weighted by molar-refractivity contribution is 5.96. The number of hydrogen-bond donors (Lipinski definition) is 0. The lowest BCUT2D eigenvalue weighted by Gasteiger charge is -2.41. The summed E-state index contributed by atoms with van der Waals surface area (Å²) in [5.41, 5.74) is 1.74. The van der Waals surface area contributed by atoms with Crippen LogP contribution < -0.4 is 0 Å². The third-order valence-corrected chi connectivity index (χ3v) is 6.53. The fourth-order valence-corrected chi connectivity index (χ4v) is 4.85. The van der Waals surface area contributed by atoms with E-state index in [0.29, 0.717) is 12.0 Å². The van der Waals surface area contributed by atoms with Gasteiger partial charge in [0, 0.05) is 48.9 Å². The second-order valence-corrected chi connectivity index (χ2v) is 8.34. The molecule has 2 aliphatic heterocycles. The van der Waals surface area contributed by atoms with Crippen LogP contribution >= 0.6 is 0 Å². The van der Waals surface area contributed by atoms with E-state index >= 15 is 0 Å². The second-order valence-electron chi connectivity index (χ2n) is 8.34. The molecule has 1 aromatic carbocycles. The van der Waals surface area contributed by atoms with E-state index in [4.69, 9.17) is 4.99 Å². The van der Waals surface area contributed by atoms with Crippen LogP contribution in [0.3, 0.4) is 0 Å². The molecule has 0 N–H and O–H groups in total. The lowest BCUT2D eigenvalue weighted by molar-refractivity contribution is 0.214.